The van der Waals surface area contributed by atoms with E-state index >= 15 is 0 Å². The van der Waals surface area contributed by atoms with Gasteiger partial charge in [-0.05, 0) is 48.9 Å². The molecule has 0 aliphatic carbocycles. The Hall–Kier alpha value is -4.90. The van der Waals surface area contributed by atoms with E-state index in [0.717, 1.165) is 9.37 Å². The molecule has 2 aliphatic heterocycles. The molecule has 1 unspecified atom stereocenters. The summed E-state index contributed by atoms with van der Waals surface area (Å²) in [4.78, 5) is 57.1. The fourth-order valence-electron chi connectivity index (χ4n) is 5.45. The Morgan fingerprint density at radius 2 is 1.54 bits per heavy atom. The van der Waals surface area contributed by atoms with Crippen LogP contribution in [0.15, 0.2) is 93.7 Å². The lowest BCUT2D eigenvalue weighted by Gasteiger charge is -2.36. The Morgan fingerprint density at radius 3 is 2.20 bits per heavy atom. The first-order valence-electron chi connectivity index (χ1n) is 12.7. The van der Waals surface area contributed by atoms with E-state index in [4.69, 9.17) is 4.74 Å². The Morgan fingerprint density at radius 1 is 0.902 bits per heavy atom. The molecule has 4 aromatic rings. The number of methoxy groups -OCH3 is 1. The number of para-hydroxylation sites is 3. The van der Waals surface area contributed by atoms with Gasteiger partial charge in [0.05, 0.1) is 41.1 Å². The maximum atomic E-state index is 14.1. The zero-order chi connectivity index (χ0) is 29.1. The van der Waals surface area contributed by atoms with Gasteiger partial charge in [-0.15, -0.1) is 0 Å². The van der Waals surface area contributed by atoms with Crippen molar-refractivity contribution in [3.05, 3.63) is 111 Å². The van der Waals surface area contributed by atoms with Crippen molar-refractivity contribution in [2.45, 2.75) is 12.6 Å². The predicted molar refractivity (Wildman–Crippen MR) is 158 cm³/mol. The number of anilines is 3. The smallest absolute Gasteiger partial charge is 0.358 e. The van der Waals surface area contributed by atoms with Crippen LogP contribution in [0.5, 0.6) is 0 Å². The van der Waals surface area contributed by atoms with Crippen LogP contribution < -0.4 is 21.1 Å². The van der Waals surface area contributed by atoms with Crippen molar-refractivity contribution in [1.29, 1.82) is 0 Å². The Bertz CT molecular complexity index is 1840. The maximum Gasteiger partial charge on any atom is 0.358 e. The average molecular weight is 614 g/mol. The minimum Gasteiger partial charge on any atom is -0.466 e. The summed E-state index contributed by atoms with van der Waals surface area (Å²) in [7, 11) is 2.84. The number of ketones is 1. The molecular weight excluding hydrogens is 590 g/mol. The Labute approximate surface area is 242 Å². The van der Waals surface area contributed by atoms with Gasteiger partial charge in [-0.2, -0.15) is 0 Å². The van der Waals surface area contributed by atoms with Gasteiger partial charge in [0, 0.05) is 11.5 Å². The number of ether oxygens (including phenoxy) is 1. The number of Topliss-reactive ketones (excluding diaryl/α,β-unsaturated/α-hetero) is 1. The lowest BCUT2D eigenvalue weighted by atomic mass is 9.93. The summed E-state index contributed by atoms with van der Waals surface area (Å²) < 4.78 is 9.05. The van der Waals surface area contributed by atoms with Crippen LogP contribution in [0.1, 0.15) is 11.3 Å². The predicted octanol–water partition coefficient (Wildman–Crippen LogP) is 3.98. The van der Waals surface area contributed by atoms with Crippen molar-refractivity contribution in [3.8, 4) is 5.69 Å². The fourth-order valence-corrected chi connectivity index (χ4v) is 5.71. The van der Waals surface area contributed by atoms with Gasteiger partial charge < -0.3 is 15.4 Å². The highest BCUT2D eigenvalue weighted by molar-refractivity contribution is 9.10. The number of esters is 1. The highest BCUT2D eigenvalue weighted by Crippen LogP contribution is 2.46. The van der Waals surface area contributed by atoms with Crippen LogP contribution in [-0.2, 0) is 26.2 Å². The number of aromatic nitrogens is 2. The number of benzene rings is 3. The summed E-state index contributed by atoms with van der Waals surface area (Å²) in [5.41, 5.74) is -0.422. The highest BCUT2D eigenvalue weighted by atomic mass is 79.9. The van der Waals surface area contributed by atoms with Crippen molar-refractivity contribution in [1.82, 2.24) is 9.36 Å². The quantitative estimate of drug-likeness (QED) is 0.264. The molecule has 1 atom stereocenters. The summed E-state index contributed by atoms with van der Waals surface area (Å²) in [6.07, 6.45) is 0. The second-order valence-corrected chi connectivity index (χ2v) is 10.5. The van der Waals surface area contributed by atoms with Crippen molar-refractivity contribution in [2.24, 2.45) is 7.05 Å². The normalized spacial score (nSPS) is 17.9. The zero-order valence-electron chi connectivity index (χ0n) is 22.3. The van der Waals surface area contributed by atoms with E-state index in [0.29, 0.717) is 28.3 Å². The lowest BCUT2D eigenvalue weighted by molar-refractivity contribution is -0.145. The van der Waals surface area contributed by atoms with Crippen LogP contribution in [0.3, 0.4) is 0 Å². The Balaban J connectivity index is 1.72. The molecule has 0 radical (unpaired) electrons. The van der Waals surface area contributed by atoms with Crippen LogP contribution in [0.4, 0.5) is 17.1 Å². The number of nitrogens with one attached hydrogen (secondary N) is 2. The van der Waals surface area contributed by atoms with Crippen molar-refractivity contribution >= 4 is 56.3 Å². The third kappa shape index (κ3) is 3.76. The second kappa shape index (κ2) is 9.63. The molecular formula is C30H24BrN5O5. The molecule has 1 fully saturated rings. The molecule has 6 rings (SSSR count). The number of carbonyl (C=O) groups excluding carboxylic acids is 3. The van der Waals surface area contributed by atoms with Gasteiger partial charge in [0.2, 0.25) is 0 Å². The molecule has 1 saturated heterocycles. The molecule has 3 heterocycles. The topological polar surface area (TPSA) is 115 Å². The van der Waals surface area contributed by atoms with Crippen LogP contribution in [-0.4, -0.2) is 39.8 Å². The van der Waals surface area contributed by atoms with Gasteiger partial charge in [-0.25, -0.2) is 9.48 Å². The van der Waals surface area contributed by atoms with Gasteiger partial charge >= 0.3 is 11.9 Å². The minimum atomic E-state index is -2.20. The van der Waals surface area contributed by atoms with E-state index < -0.39 is 28.9 Å². The summed E-state index contributed by atoms with van der Waals surface area (Å²) in [5.74, 6) is -2.93. The lowest BCUT2D eigenvalue weighted by Crippen LogP contribution is -2.60. The molecule has 41 heavy (non-hydrogen) atoms. The Kier molecular flexibility index (Phi) is 6.18. The number of rotatable bonds is 4. The van der Waals surface area contributed by atoms with Crippen LogP contribution >= 0.6 is 15.9 Å². The molecule has 206 valence electrons. The standard InChI is InChI=1S/C30H24BrN5O5/c1-17-25(27(38)36(34(17)2)20-9-5-4-6-10-20)35-28(39)26(37)23-24(18-13-15-19(31)16-14-18)32-21-11-7-8-12-22(21)33-30(23,35)29(40)41-3/h4-16,32-33H,1-3H3. The number of nitrogens with zero attached hydrogens (tertiary/aromatic N) is 3. The first-order chi connectivity index (χ1) is 19.7. The van der Waals surface area contributed by atoms with E-state index in [9.17, 15) is 19.2 Å². The molecule has 0 bridgehead atoms. The molecule has 1 aromatic heterocycles. The number of halogens is 1. The van der Waals surface area contributed by atoms with E-state index in [1.807, 2.05) is 6.07 Å². The minimum absolute atomic E-state index is 0.128. The molecule has 11 heteroatoms. The summed E-state index contributed by atoms with van der Waals surface area (Å²) in [5, 5.41) is 6.42. The second-order valence-electron chi connectivity index (χ2n) is 9.63. The van der Waals surface area contributed by atoms with Crippen LogP contribution in [0.2, 0.25) is 0 Å². The van der Waals surface area contributed by atoms with Crippen LogP contribution in [0, 0.1) is 6.92 Å². The number of carbonyl (C=O) groups is 3. The largest absolute Gasteiger partial charge is 0.466 e. The van der Waals surface area contributed by atoms with E-state index in [-0.39, 0.29) is 17.0 Å². The van der Waals surface area contributed by atoms with Crippen molar-refractivity contribution < 1.29 is 19.1 Å². The van der Waals surface area contributed by atoms with Gasteiger partial charge in [-0.1, -0.05) is 58.4 Å². The number of hydrogen-bond donors (Lipinski definition) is 2. The summed E-state index contributed by atoms with van der Waals surface area (Å²) in [6.45, 7) is 1.65. The molecule has 10 nitrogen and oxygen atoms in total. The van der Waals surface area contributed by atoms with Crippen molar-refractivity contribution in [3.63, 3.8) is 0 Å². The summed E-state index contributed by atoms with van der Waals surface area (Å²) in [6, 6.07) is 23.0. The molecule has 2 N–H and O–H groups in total. The number of fused-ring (bicyclic) bond motifs is 2. The first kappa shape index (κ1) is 26.3. The summed E-state index contributed by atoms with van der Waals surface area (Å²) >= 11 is 3.43. The number of amides is 1. The molecule has 0 spiro atoms. The van der Waals surface area contributed by atoms with Crippen molar-refractivity contribution in [2.75, 3.05) is 22.6 Å². The van der Waals surface area contributed by atoms with Gasteiger partial charge in [-0.3, -0.25) is 24.0 Å². The molecule has 0 saturated carbocycles. The number of hydrogen-bond acceptors (Lipinski definition) is 7. The zero-order valence-corrected chi connectivity index (χ0v) is 23.9. The molecule has 2 aliphatic rings. The third-order valence-corrected chi connectivity index (χ3v) is 7.96. The highest BCUT2D eigenvalue weighted by Gasteiger charge is 2.65. The van der Waals surface area contributed by atoms with Gasteiger partial charge in [0.15, 0.2) is 0 Å². The SMILES string of the molecule is COC(=O)C12Nc3ccccc3NC(c3ccc(Br)cc3)=C1C(=O)C(=O)N2c1c(C)n(C)n(-c2ccccc2)c1=O. The third-order valence-electron chi connectivity index (χ3n) is 7.44. The van der Waals surface area contributed by atoms with Crippen LogP contribution in [0.25, 0.3) is 11.4 Å². The van der Waals surface area contributed by atoms with E-state index in [2.05, 4.69) is 26.6 Å². The van der Waals surface area contributed by atoms with Gasteiger partial charge in [0.25, 0.3) is 17.0 Å². The van der Waals surface area contributed by atoms with E-state index in [1.165, 1.54) is 11.8 Å². The monoisotopic (exact) mass is 613 g/mol. The first-order valence-corrected chi connectivity index (χ1v) is 13.5. The molecule has 1 amide bonds. The average Bonchev–Trinajstić information content (AvgIpc) is 3.24. The van der Waals surface area contributed by atoms with E-state index in [1.54, 1.807) is 91.4 Å². The maximum absolute atomic E-state index is 14.1. The molecule has 3 aromatic carbocycles. The fraction of sp³-hybridized carbons (Fsp3) is 0.133. The van der Waals surface area contributed by atoms with Gasteiger partial charge in [0.1, 0.15) is 5.69 Å².